The van der Waals surface area contributed by atoms with Crippen LogP contribution in [0.1, 0.15) is 52.0 Å². The molecule has 1 aromatic carbocycles. The Balaban J connectivity index is 1.71. The van der Waals surface area contributed by atoms with E-state index >= 15 is 0 Å². The largest absolute Gasteiger partial charge is 0.406 e. The summed E-state index contributed by atoms with van der Waals surface area (Å²) < 4.78 is 41.0. The number of hydrogen-bond donors (Lipinski definition) is 2. The average molecular weight is 534 g/mol. The minimum absolute atomic E-state index is 0.0459. The summed E-state index contributed by atoms with van der Waals surface area (Å²) in [6, 6.07) is 5.78. The van der Waals surface area contributed by atoms with E-state index in [1.54, 1.807) is 45.0 Å². The van der Waals surface area contributed by atoms with Gasteiger partial charge >= 0.3 is 18.0 Å². The molecule has 1 saturated heterocycles. The van der Waals surface area contributed by atoms with E-state index in [0.717, 1.165) is 4.90 Å². The van der Waals surface area contributed by atoms with Gasteiger partial charge in [0.25, 0.3) is 0 Å². The number of carbonyl (C=O) groups excluding carboxylic acids is 4. The summed E-state index contributed by atoms with van der Waals surface area (Å²) in [4.78, 5) is 54.0. The predicted octanol–water partition coefficient (Wildman–Crippen LogP) is 2.48. The molecule has 0 radical (unpaired) electrons. The summed E-state index contributed by atoms with van der Waals surface area (Å²) in [5.74, 6) is -3.98. The number of nitriles is 1. The fraction of sp³-hybridized carbons (Fsp3) is 0.577. The first-order valence-corrected chi connectivity index (χ1v) is 12.4. The van der Waals surface area contributed by atoms with Crippen molar-refractivity contribution in [2.24, 2.45) is 5.41 Å². The molecule has 9 nitrogen and oxygen atoms in total. The summed E-state index contributed by atoms with van der Waals surface area (Å²) in [7, 11) is 0. The number of anilines is 1. The maximum atomic E-state index is 14.0. The molecule has 1 aliphatic carbocycles. The molecule has 1 saturated carbocycles. The molecule has 2 fully saturated rings. The van der Waals surface area contributed by atoms with E-state index in [2.05, 4.69) is 10.6 Å². The minimum atomic E-state index is -4.89. The zero-order chi connectivity index (χ0) is 28.0. The fourth-order valence-electron chi connectivity index (χ4n) is 5.21. The van der Waals surface area contributed by atoms with Gasteiger partial charge in [0, 0.05) is 24.7 Å². The second-order valence-electron chi connectivity index (χ2n) is 11.5. The van der Waals surface area contributed by atoms with Gasteiger partial charge in [-0.3, -0.25) is 19.2 Å². The first-order valence-electron chi connectivity index (χ1n) is 12.4. The van der Waals surface area contributed by atoms with Crippen LogP contribution >= 0.6 is 0 Å². The summed E-state index contributed by atoms with van der Waals surface area (Å²) in [6.07, 6.45) is -3.90. The number of nitrogens with zero attached hydrogens (tertiary/aromatic N) is 3. The molecule has 4 amide bonds. The molecule has 2 aliphatic heterocycles. The van der Waals surface area contributed by atoms with Gasteiger partial charge in [-0.25, -0.2) is 0 Å². The van der Waals surface area contributed by atoms with Crippen molar-refractivity contribution in [1.82, 2.24) is 15.1 Å². The molecular formula is C26H30F3N5O4. The third-order valence-electron chi connectivity index (χ3n) is 7.10. The Morgan fingerprint density at radius 2 is 1.89 bits per heavy atom. The van der Waals surface area contributed by atoms with Gasteiger partial charge in [-0.2, -0.15) is 18.4 Å². The van der Waals surface area contributed by atoms with Crippen LogP contribution in [0.5, 0.6) is 0 Å². The maximum absolute atomic E-state index is 14.0. The Bertz CT molecular complexity index is 1200. The number of benzene rings is 1. The molecule has 204 valence electrons. The van der Waals surface area contributed by atoms with Crippen molar-refractivity contribution < 1.29 is 32.3 Å². The second kappa shape index (κ2) is 9.60. The van der Waals surface area contributed by atoms with Crippen molar-refractivity contribution in [3.8, 4) is 6.07 Å². The molecular weight excluding hydrogens is 503 g/mol. The van der Waals surface area contributed by atoms with Crippen molar-refractivity contribution in [1.29, 1.82) is 5.26 Å². The van der Waals surface area contributed by atoms with E-state index in [0.29, 0.717) is 24.1 Å². The zero-order valence-corrected chi connectivity index (χ0v) is 21.4. The van der Waals surface area contributed by atoms with Crippen LogP contribution < -0.4 is 10.6 Å². The fourth-order valence-corrected chi connectivity index (χ4v) is 5.21. The van der Waals surface area contributed by atoms with Crippen LogP contribution in [0.2, 0.25) is 0 Å². The third-order valence-corrected chi connectivity index (χ3v) is 7.10. The molecule has 0 bridgehead atoms. The van der Waals surface area contributed by atoms with Gasteiger partial charge < -0.3 is 20.4 Å². The number of rotatable bonds is 5. The van der Waals surface area contributed by atoms with Crippen LogP contribution in [0.4, 0.5) is 18.9 Å². The van der Waals surface area contributed by atoms with Gasteiger partial charge in [-0.15, -0.1) is 0 Å². The van der Waals surface area contributed by atoms with Crippen molar-refractivity contribution in [3.63, 3.8) is 0 Å². The number of alkyl halides is 3. The third kappa shape index (κ3) is 5.47. The molecule has 0 unspecified atom stereocenters. The minimum Gasteiger partial charge on any atom is -0.345 e. The van der Waals surface area contributed by atoms with Crippen molar-refractivity contribution >= 4 is 29.3 Å². The molecule has 1 aromatic rings. The van der Waals surface area contributed by atoms with E-state index < -0.39 is 59.3 Å². The molecule has 3 aliphatic rings. The monoisotopic (exact) mass is 533 g/mol. The van der Waals surface area contributed by atoms with E-state index in [1.807, 2.05) is 6.07 Å². The standard InChI is InChI=1S/C26H30F3N5O4/c1-24(2,3)11-19(34(14-26(27,28)29)22(37)20(35)31-15-8-9-15)21(36)33-13-25(10-16(33)12-30)17-6-4-5-7-18(17)32-23(25)38/h4-7,15-16,19H,8-11,13-14H2,1-3H3,(H,31,35)(H,32,38)/t16-,19-,25-/m0/s1. The van der Waals surface area contributed by atoms with Gasteiger partial charge in [0.2, 0.25) is 11.8 Å². The smallest absolute Gasteiger partial charge is 0.345 e. The van der Waals surface area contributed by atoms with Crippen molar-refractivity contribution in [2.75, 3.05) is 18.4 Å². The zero-order valence-electron chi connectivity index (χ0n) is 21.4. The average Bonchev–Trinajstić information content (AvgIpc) is 3.48. The number of nitrogens with one attached hydrogen (secondary N) is 2. The first kappa shape index (κ1) is 27.4. The Kier molecular flexibility index (Phi) is 6.93. The van der Waals surface area contributed by atoms with Crippen LogP contribution in [0.15, 0.2) is 24.3 Å². The number of para-hydroxylation sites is 1. The normalized spacial score (nSPS) is 23.4. The highest BCUT2D eigenvalue weighted by Crippen LogP contribution is 2.46. The number of amides is 4. The molecule has 38 heavy (non-hydrogen) atoms. The Morgan fingerprint density at radius 1 is 1.24 bits per heavy atom. The molecule has 3 atom stereocenters. The molecule has 0 aromatic heterocycles. The highest BCUT2D eigenvalue weighted by atomic mass is 19.4. The quantitative estimate of drug-likeness (QED) is 0.563. The molecule has 1 spiro atoms. The second-order valence-corrected chi connectivity index (χ2v) is 11.5. The topological polar surface area (TPSA) is 123 Å². The van der Waals surface area contributed by atoms with Crippen molar-refractivity contribution in [3.05, 3.63) is 29.8 Å². The first-order chi connectivity index (χ1) is 17.6. The summed E-state index contributed by atoms with van der Waals surface area (Å²) in [6.45, 7) is 3.04. The van der Waals surface area contributed by atoms with Crippen LogP contribution in [0.3, 0.4) is 0 Å². The van der Waals surface area contributed by atoms with E-state index in [1.165, 1.54) is 0 Å². The maximum Gasteiger partial charge on any atom is 0.406 e. The summed E-state index contributed by atoms with van der Waals surface area (Å²) >= 11 is 0. The lowest BCUT2D eigenvalue weighted by Gasteiger charge is -2.37. The van der Waals surface area contributed by atoms with Crippen LogP contribution in [-0.4, -0.2) is 70.8 Å². The lowest BCUT2D eigenvalue weighted by Crippen LogP contribution is -2.58. The van der Waals surface area contributed by atoms with Gasteiger partial charge in [0.15, 0.2) is 0 Å². The molecule has 4 rings (SSSR count). The van der Waals surface area contributed by atoms with Crippen LogP contribution in [-0.2, 0) is 24.6 Å². The number of halogens is 3. The number of carbonyl (C=O) groups is 4. The molecule has 2 heterocycles. The van der Waals surface area contributed by atoms with E-state index in [-0.39, 0.29) is 30.3 Å². The number of fused-ring (bicyclic) bond motifs is 2. The SMILES string of the molecule is CC(C)(C)C[C@@H](C(=O)N1C[C@]2(C[C@H]1C#N)C(=O)Nc1ccccc12)N(CC(F)(F)F)C(=O)C(=O)NC1CC1. The lowest BCUT2D eigenvalue weighted by atomic mass is 9.80. The van der Waals surface area contributed by atoms with E-state index in [9.17, 15) is 37.6 Å². The van der Waals surface area contributed by atoms with Crippen LogP contribution in [0.25, 0.3) is 0 Å². The predicted molar refractivity (Wildman–Crippen MR) is 129 cm³/mol. The highest BCUT2D eigenvalue weighted by molar-refractivity contribution is 6.35. The molecule has 2 N–H and O–H groups in total. The summed E-state index contributed by atoms with van der Waals surface area (Å²) in [5, 5.41) is 15.1. The van der Waals surface area contributed by atoms with Gasteiger partial charge in [0.05, 0.1) is 11.5 Å². The van der Waals surface area contributed by atoms with E-state index in [4.69, 9.17) is 0 Å². The summed E-state index contributed by atoms with van der Waals surface area (Å²) in [5.41, 5.74) is -0.838. The van der Waals surface area contributed by atoms with Gasteiger partial charge in [0.1, 0.15) is 18.6 Å². The lowest BCUT2D eigenvalue weighted by molar-refractivity contribution is -0.173. The van der Waals surface area contributed by atoms with Crippen LogP contribution in [0, 0.1) is 16.7 Å². The van der Waals surface area contributed by atoms with Gasteiger partial charge in [-0.05, 0) is 36.3 Å². The van der Waals surface area contributed by atoms with Gasteiger partial charge in [-0.1, -0.05) is 39.0 Å². The van der Waals surface area contributed by atoms with Crippen molar-refractivity contribution in [2.45, 2.75) is 76.2 Å². The Hall–Kier alpha value is -3.62. The Labute approximate surface area is 218 Å². The Morgan fingerprint density at radius 3 is 2.47 bits per heavy atom. The number of likely N-dealkylation sites (tertiary alicyclic amines) is 1. The highest BCUT2D eigenvalue weighted by Gasteiger charge is 2.57. The molecule has 12 heteroatoms. The number of hydrogen-bond acceptors (Lipinski definition) is 5.